The molecule has 0 spiro atoms. The van der Waals surface area contributed by atoms with Gasteiger partial charge in [-0.1, -0.05) is 33.2 Å². The Labute approximate surface area is 139 Å². The van der Waals surface area contributed by atoms with Crippen LogP contribution in [0.5, 0.6) is 5.75 Å². The first-order chi connectivity index (χ1) is 11.2. The van der Waals surface area contributed by atoms with Crippen molar-refractivity contribution in [2.75, 3.05) is 0 Å². The third-order valence-corrected chi connectivity index (χ3v) is 3.91. The number of benzene rings is 2. The Bertz CT molecular complexity index is 975. The third kappa shape index (κ3) is 2.83. The Morgan fingerprint density at radius 3 is 2.74 bits per heavy atom. The molecule has 0 bridgehead atoms. The number of H-pyrrole nitrogens is 1. The minimum Gasteiger partial charge on any atom is -0.508 e. The molecule has 0 aliphatic rings. The highest BCUT2D eigenvalue weighted by molar-refractivity contribution is 9.10. The standard InChI is InChI=1S/C16H11BrN4O2/c17-10-3-6-12-13(8-10)19-15(18-12)16-20-14(23-21-16)7-9-1-4-11(22)5-2-9/h1-6,8,22H,7H2,(H,18,19). The molecule has 4 rings (SSSR count). The van der Waals surface area contributed by atoms with Crippen molar-refractivity contribution in [2.45, 2.75) is 6.42 Å². The topological polar surface area (TPSA) is 87.8 Å². The fraction of sp³-hybridized carbons (Fsp3) is 0.0625. The van der Waals surface area contributed by atoms with Gasteiger partial charge in [0.15, 0.2) is 5.82 Å². The molecule has 0 aliphatic carbocycles. The number of aromatic nitrogens is 4. The maximum atomic E-state index is 9.30. The summed E-state index contributed by atoms with van der Waals surface area (Å²) in [7, 11) is 0. The molecule has 0 atom stereocenters. The molecular formula is C16H11BrN4O2. The average molecular weight is 371 g/mol. The Morgan fingerprint density at radius 1 is 1.09 bits per heavy atom. The van der Waals surface area contributed by atoms with Crippen molar-refractivity contribution in [2.24, 2.45) is 0 Å². The van der Waals surface area contributed by atoms with Crippen LogP contribution in [0, 0.1) is 0 Å². The number of rotatable bonds is 3. The van der Waals surface area contributed by atoms with Gasteiger partial charge in [-0.15, -0.1) is 0 Å². The number of aromatic amines is 1. The summed E-state index contributed by atoms with van der Waals surface area (Å²) >= 11 is 3.43. The predicted octanol–water partition coefficient (Wildman–Crippen LogP) is 3.67. The van der Waals surface area contributed by atoms with Gasteiger partial charge in [-0.2, -0.15) is 4.98 Å². The van der Waals surface area contributed by atoms with Crippen molar-refractivity contribution in [3.8, 4) is 17.4 Å². The number of phenols is 1. The van der Waals surface area contributed by atoms with E-state index in [1.165, 1.54) is 0 Å². The van der Waals surface area contributed by atoms with Gasteiger partial charge in [0, 0.05) is 4.47 Å². The lowest BCUT2D eigenvalue weighted by Crippen LogP contribution is -1.88. The Balaban J connectivity index is 1.62. The van der Waals surface area contributed by atoms with Crippen LogP contribution in [0.25, 0.3) is 22.7 Å². The Hall–Kier alpha value is -2.67. The molecule has 0 aliphatic heterocycles. The molecule has 2 N–H and O–H groups in total. The summed E-state index contributed by atoms with van der Waals surface area (Å²) in [5.41, 5.74) is 2.72. The van der Waals surface area contributed by atoms with E-state index in [0.29, 0.717) is 24.0 Å². The Morgan fingerprint density at radius 2 is 1.91 bits per heavy atom. The van der Waals surface area contributed by atoms with E-state index in [0.717, 1.165) is 21.1 Å². The quantitative estimate of drug-likeness (QED) is 0.574. The number of imidazole rings is 1. The fourth-order valence-corrected chi connectivity index (χ4v) is 2.66. The molecule has 114 valence electrons. The van der Waals surface area contributed by atoms with Gasteiger partial charge in [-0.05, 0) is 35.9 Å². The molecule has 23 heavy (non-hydrogen) atoms. The lowest BCUT2D eigenvalue weighted by molar-refractivity contribution is 0.385. The second-order valence-electron chi connectivity index (χ2n) is 5.10. The number of hydrogen-bond donors (Lipinski definition) is 2. The minimum absolute atomic E-state index is 0.230. The zero-order chi connectivity index (χ0) is 15.8. The predicted molar refractivity (Wildman–Crippen MR) is 88.0 cm³/mol. The number of hydrogen-bond acceptors (Lipinski definition) is 5. The van der Waals surface area contributed by atoms with E-state index in [9.17, 15) is 5.11 Å². The van der Waals surface area contributed by atoms with Crippen molar-refractivity contribution in [1.29, 1.82) is 0 Å². The first kappa shape index (κ1) is 14.0. The summed E-state index contributed by atoms with van der Waals surface area (Å²) in [6, 6.07) is 12.7. The molecule has 0 radical (unpaired) electrons. The summed E-state index contributed by atoms with van der Waals surface area (Å²) in [4.78, 5) is 12.0. The first-order valence-corrected chi connectivity index (χ1v) is 7.73. The molecule has 2 heterocycles. The monoisotopic (exact) mass is 370 g/mol. The van der Waals surface area contributed by atoms with Gasteiger partial charge < -0.3 is 14.6 Å². The van der Waals surface area contributed by atoms with Crippen molar-refractivity contribution in [3.05, 3.63) is 58.4 Å². The van der Waals surface area contributed by atoms with E-state index < -0.39 is 0 Å². The highest BCUT2D eigenvalue weighted by atomic mass is 79.9. The molecule has 2 aromatic carbocycles. The zero-order valence-electron chi connectivity index (χ0n) is 11.8. The van der Waals surface area contributed by atoms with Gasteiger partial charge in [-0.25, -0.2) is 4.98 Å². The van der Waals surface area contributed by atoms with Gasteiger partial charge in [0.1, 0.15) is 5.75 Å². The summed E-state index contributed by atoms with van der Waals surface area (Å²) in [5.74, 6) is 1.71. The number of phenolic OH excluding ortho intramolecular Hbond substituents is 1. The van der Waals surface area contributed by atoms with E-state index >= 15 is 0 Å². The van der Waals surface area contributed by atoms with E-state index in [4.69, 9.17) is 4.52 Å². The minimum atomic E-state index is 0.230. The molecule has 7 heteroatoms. The van der Waals surface area contributed by atoms with Crippen LogP contribution in [-0.4, -0.2) is 25.2 Å². The molecule has 2 aromatic heterocycles. The van der Waals surface area contributed by atoms with Crippen LogP contribution in [0.4, 0.5) is 0 Å². The average Bonchev–Trinajstić information content (AvgIpc) is 3.15. The normalized spacial score (nSPS) is 11.2. The maximum Gasteiger partial charge on any atom is 0.238 e. The second kappa shape index (κ2) is 5.51. The molecule has 0 fully saturated rings. The largest absolute Gasteiger partial charge is 0.508 e. The van der Waals surface area contributed by atoms with Gasteiger partial charge in [-0.3, -0.25) is 0 Å². The van der Waals surface area contributed by atoms with E-state index in [1.807, 2.05) is 30.3 Å². The van der Waals surface area contributed by atoms with Crippen molar-refractivity contribution in [3.63, 3.8) is 0 Å². The number of nitrogens with one attached hydrogen (secondary N) is 1. The molecule has 0 unspecified atom stereocenters. The Kier molecular flexibility index (Phi) is 3.34. The number of nitrogens with zero attached hydrogens (tertiary/aromatic N) is 3. The lowest BCUT2D eigenvalue weighted by Gasteiger charge is -1.96. The molecule has 0 saturated carbocycles. The second-order valence-corrected chi connectivity index (χ2v) is 6.02. The van der Waals surface area contributed by atoms with Crippen LogP contribution in [0.2, 0.25) is 0 Å². The van der Waals surface area contributed by atoms with Crippen LogP contribution >= 0.6 is 15.9 Å². The van der Waals surface area contributed by atoms with Crippen LogP contribution in [0.1, 0.15) is 11.5 Å². The first-order valence-electron chi connectivity index (χ1n) is 6.93. The molecule has 0 saturated heterocycles. The zero-order valence-corrected chi connectivity index (χ0v) is 13.4. The summed E-state index contributed by atoms with van der Waals surface area (Å²) < 4.78 is 6.25. The van der Waals surface area contributed by atoms with Crippen LogP contribution in [0.3, 0.4) is 0 Å². The number of fused-ring (bicyclic) bond motifs is 1. The highest BCUT2D eigenvalue weighted by Gasteiger charge is 2.13. The fourth-order valence-electron chi connectivity index (χ4n) is 2.30. The van der Waals surface area contributed by atoms with Gasteiger partial charge in [0.25, 0.3) is 0 Å². The van der Waals surface area contributed by atoms with Gasteiger partial charge >= 0.3 is 0 Å². The van der Waals surface area contributed by atoms with Crippen molar-refractivity contribution in [1.82, 2.24) is 20.1 Å². The van der Waals surface area contributed by atoms with E-state index in [2.05, 4.69) is 36.0 Å². The number of aromatic hydroxyl groups is 1. The van der Waals surface area contributed by atoms with Gasteiger partial charge in [0.05, 0.1) is 17.5 Å². The highest BCUT2D eigenvalue weighted by Crippen LogP contribution is 2.22. The third-order valence-electron chi connectivity index (χ3n) is 3.42. The summed E-state index contributed by atoms with van der Waals surface area (Å²) in [6.45, 7) is 0. The summed E-state index contributed by atoms with van der Waals surface area (Å²) in [6.07, 6.45) is 0.499. The van der Waals surface area contributed by atoms with Crippen molar-refractivity contribution < 1.29 is 9.63 Å². The van der Waals surface area contributed by atoms with E-state index in [1.54, 1.807) is 12.1 Å². The summed E-state index contributed by atoms with van der Waals surface area (Å²) in [5, 5.41) is 13.3. The van der Waals surface area contributed by atoms with Gasteiger partial charge in [0.2, 0.25) is 11.7 Å². The van der Waals surface area contributed by atoms with Crippen LogP contribution in [0.15, 0.2) is 51.5 Å². The van der Waals surface area contributed by atoms with Crippen molar-refractivity contribution >= 4 is 27.0 Å². The SMILES string of the molecule is Oc1ccc(Cc2nc(-c3nc4ccc(Br)cc4[nH]3)no2)cc1. The molecule has 0 amide bonds. The lowest BCUT2D eigenvalue weighted by atomic mass is 10.1. The number of halogens is 1. The van der Waals surface area contributed by atoms with Crippen LogP contribution in [-0.2, 0) is 6.42 Å². The smallest absolute Gasteiger partial charge is 0.238 e. The molecule has 6 nitrogen and oxygen atoms in total. The van der Waals surface area contributed by atoms with Crippen LogP contribution < -0.4 is 0 Å². The molecular weight excluding hydrogens is 360 g/mol. The maximum absolute atomic E-state index is 9.30. The van der Waals surface area contributed by atoms with E-state index in [-0.39, 0.29) is 5.75 Å². The molecule has 4 aromatic rings.